The van der Waals surface area contributed by atoms with Crippen molar-refractivity contribution in [2.75, 3.05) is 0 Å². The van der Waals surface area contributed by atoms with Gasteiger partial charge in [-0.15, -0.1) is 13.2 Å². The maximum Gasteiger partial charge on any atom is 0.573 e. The second kappa shape index (κ2) is 8.98. The van der Waals surface area contributed by atoms with Gasteiger partial charge in [0, 0.05) is 11.6 Å². The van der Waals surface area contributed by atoms with E-state index in [0.717, 1.165) is 28.2 Å². The van der Waals surface area contributed by atoms with Gasteiger partial charge < -0.3 is 9.84 Å². The van der Waals surface area contributed by atoms with Crippen molar-refractivity contribution in [3.8, 4) is 16.9 Å². The largest absolute Gasteiger partial charge is 0.573 e. The van der Waals surface area contributed by atoms with Gasteiger partial charge in [-0.05, 0) is 72.5 Å². The lowest BCUT2D eigenvalue weighted by molar-refractivity contribution is -0.274. The van der Waals surface area contributed by atoms with Gasteiger partial charge >= 0.3 is 12.3 Å². The van der Waals surface area contributed by atoms with Crippen LogP contribution in [0.5, 0.6) is 5.75 Å². The smallest absolute Gasteiger partial charge is 0.481 e. The molecule has 4 rings (SSSR count). The first-order valence-corrected chi connectivity index (χ1v) is 12.0. The zero-order valence-corrected chi connectivity index (χ0v) is 19.7. The lowest BCUT2D eigenvalue weighted by atomic mass is 10.0. The number of aromatic nitrogens is 1. The van der Waals surface area contributed by atoms with E-state index in [9.17, 15) is 35.9 Å². The summed E-state index contributed by atoms with van der Waals surface area (Å²) in [5, 5.41) is 9.61. The van der Waals surface area contributed by atoms with Crippen LogP contribution < -0.4 is 4.74 Å². The molecule has 6 nitrogen and oxygen atoms in total. The van der Waals surface area contributed by atoms with Gasteiger partial charge in [0.15, 0.2) is 0 Å². The minimum Gasteiger partial charge on any atom is -0.481 e. The molecule has 0 saturated heterocycles. The number of halogens is 4. The van der Waals surface area contributed by atoms with Crippen molar-refractivity contribution in [2.45, 2.75) is 31.0 Å². The third kappa shape index (κ3) is 4.66. The summed E-state index contributed by atoms with van der Waals surface area (Å²) in [5.74, 6) is -3.37. The minimum atomic E-state index is -4.84. The van der Waals surface area contributed by atoms with Gasteiger partial charge in [-0.1, -0.05) is 24.3 Å². The number of benzene rings is 3. The highest BCUT2D eigenvalue weighted by Gasteiger charge is 2.31. The normalized spacial score (nSPS) is 13.1. The van der Waals surface area contributed by atoms with Crippen LogP contribution in [0.3, 0.4) is 0 Å². The second-order valence-corrected chi connectivity index (χ2v) is 9.89. The van der Waals surface area contributed by atoms with Crippen LogP contribution in [0.15, 0.2) is 71.8 Å². The molecule has 0 aliphatic heterocycles. The molecular weight excluding hydrogens is 502 g/mol. The Hall–Kier alpha value is -3.86. The highest BCUT2D eigenvalue weighted by Crippen LogP contribution is 2.35. The first-order valence-electron chi connectivity index (χ1n) is 10.5. The number of rotatable bonds is 6. The fourth-order valence-electron chi connectivity index (χ4n) is 4.02. The SMILES string of the molecule is Cc1c(-c2ccc(OC(F)(F)F)cc2)cccc1S(=O)(=O)n1cc(C(C)C(=O)O)c2cc(F)ccc21. The monoisotopic (exact) mass is 521 g/mol. The first kappa shape index (κ1) is 25.2. The van der Waals surface area contributed by atoms with Crippen LogP contribution in [0.4, 0.5) is 17.6 Å². The van der Waals surface area contributed by atoms with Gasteiger partial charge in [-0.2, -0.15) is 0 Å². The van der Waals surface area contributed by atoms with Crippen LogP contribution in [-0.2, 0) is 14.8 Å². The molecule has 0 radical (unpaired) electrons. The maximum atomic E-state index is 14.0. The van der Waals surface area contributed by atoms with Gasteiger partial charge in [0.1, 0.15) is 11.6 Å². The molecule has 1 heterocycles. The Balaban J connectivity index is 1.83. The summed E-state index contributed by atoms with van der Waals surface area (Å²) in [6.45, 7) is 2.92. The topological polar surface area (TPSA) is 85.6 Å². The highest BCUT2D eigenvalue weighted by atomic mass is 32.2. The quantitative estimate of drug-likeness (QED) is 0.311. The Morgan fingerprint density at radius 3 is 2.33 bits per heavy atom. The zero-order valence-electron chi connectivity index (χ0n) is 18.9. The van der Waals surface area contributed by atoms with Crippen molar-refractivity contribution in [2.24, 2.45) is 0 Å². The van der Waals surface area contributed by atoms with Crippen molar-refractivity contribution in [1.82, 2.24) is 3.97 Å². The Bertz CT molecular complexity index is 1570. The number of carboxylic acids is 1. The summed E-state index contributed by atoms with van der Waals surface area (Å²) in [6, 6.07) is 12.9. The molecule has 4 aromatic rings. The number of hydrogen-bond acceptors (Lipinski definition) is 4. The molecule has 1 unspecified atom stereocenters. The first-order chi connectivity index (χ1) is 16.8. The van der Waals surface area contributed by atoms with Crippen LogP contribution in [0.2, 0.25) is 0 Å². The summed E-state index contributed by atoms with van der Waals surface area (Å²) in [5.41, 5.74) is 1.47. The van der Waals surface area contributed by atoms with Crippen LogP contribution in [0.1, 0.15) is 24.0 Å². The molecular formula is C25H19F4NO5S. The van der Waals surface area contributed by atoms with E-state index in [1.54, 1.807) is 13.0 Å². The molecule has 0 spiro atoms. The molecule has 1 N–H and O–H groups in total. The van der Waals surface area contributed by atoms with Crippen molar-refractivity contribution in [3.05, 3.63) is 83.8 Å². The Morgan fingerprint density at radius 2 is 1.72 bits per heavy atom. The van der Waals surface area contributed by atoms with Crippen molar-refractivity contribution >= 4 is 26.9 Å². The fourth-order valence-corrected chi connectivity index (χ4v) is 5.65. The molecule has 0 aliphatic rings. The van der Waals surface area contributed by atoms with E-state index in [0.29, 0.717) is 16.7 Å². The maximum absolute atomic E-state index is 14.0. The van der Waals surface area contributed by atoms with E-state index in [4.69, 9.17) is 0 Å². The Kier molecular flexibility index (Phi) is 6.29. The van der Waals surface area contributed by atoms with E-state index in [1.165, 1.54) is 43.5 Å². The zero-order chi connectivity index (χ0) is 26.4. The summed E-state index contributed by atoms with van der Waals surface area (Å²) >= 11 is 0. The van der Waals surface area contributed by atoms with E-state index >= 15 is 0 Å². The average Bonchev–Trinajstić information content (AvgIpc) is 3.17. The molecule has 11 heteroatoms. The summed E-state index contributed by atoms with van der Waals surface area (Å²) in [4.78, 5) is 11.5. The molecule has 0 amide bonds. The number of nitrogens with zero attached hydrogens (tertiary/aromatic N) is 1. The van der Waals surface area contributed by atoms with Gasteiger partial charge in [0.25, 0.3) is 10.0 Å². The van der Waals surface area contributed by atoms with E-state index < -0.39 is 39.8 Å². The van der Waals surface area contributed by atoms with Crippen LogP contribution in [0, 0.1) is 12.7 Å². The van der Waals surface area contributed by atoms with Crippen molar-refractivity contribution < 1.29 is 40.6 Å². The fraction of sp³-hybridized carbons (Fsp3) is 0.160. The third-order valence-corrected chi connectivity index (χ3v) is 7.64. The lowest BCUT2D eigenvalue weighted by Gasteiger charge is -2.14. The van der Waals surface area contributed by atoms with Crippen LogP contribution >= 0.6 is 0 Å². The second-order valence-electron chi connectivity index (χ2n) is 8.11. The molecule has 1 aromatic heterocycles. The molecule has 0 fully saturated rings. The van der Waals surface area contributed by atoms with Gasteiger partial charge in [0.05, 0.1) is 16.3 Å². The van der Waals surface area contributed by atoms with Gasteiger partial charge in [-0.3, -0.25) is 4.79 Å². The minimum absolute atomic E-state index is 0.105. The molecule has 0 aliphatic carbocycles. The molecule has 1 atom stereocenters. The predicted octanol–water partition coefficient (Wildman–Crippen LogP) is 6.08. The number of carbonyl (C=O) groups is 1. The lowest BCUT2D eigenvalue weighted by Crippen LogP contribution is -2.17. The van der Waals surface area contributed by atoms with Crippen LogP contribution in [0.25, 0.3) is 22.0 Å². The standard InChI is InChI=1S/C25H19F4NO5S/c1-14-19(16-6-9-18(10-7-16)35-25(27,28)29)4-3-5-23(14)36(33,34)30-13-21(15(2)24(31)32)20-12-17(26)8-11-22(20)30/h3-13,15H,1-2H3,(H,31,32). The molecule has 0 saturated carbocycles. The van der Waals surface area contributed by atoms with E-state index in [1.807, 2.05) is 0 Å². The number of carboxylic acid groups (broad SMARTS) is 1. The average molecular weight is 521 g/mol. The summed E-state index contributed by atoms with van der Waals surface area (Å²) in [7, 11) is -4.28. The number of hydrogen-bond donors (Lipinski definition) is 1. The van der Waals surface area contributed by atoms with Crippen molar-refractivity contribution in [1.29, 1.82) is 0 Å². The predicted molar refractivity (Wildman–Crippen MR) is 124 cm³/mol. The Morgan fingerprint density at radius 1 is 1.06 bits per heavy atom. The molecule has 3 aromatic carbocycles. The van der Waals surface area contributed by atoms with E-state index in [2.05, 4.69) is 4.74 Å². The van der Waals surface area contributed by atoms with Gasteiger partial charge in [-0.25, -0.2) is 16.8 Å². The number of aliphatic carboxylic acids is 1. The van der Waals surface area contributed by atoms with Crippen molar-refractivity contribution in [3.63, 3.8) is 0 Å². The number of alkyl halides is 3. The van der Waals surface area contributed by atoms with Crippen LogP contribution in [-0.4, -0.2) is 29.8 Å². The number of fused-ring (bicyclic) bond motifs is 1. The molecule has 36 heavy (non-hydrogen) atoms. The Labute approximate surface area is 203 Å². The highest BCUT2D eigenvalue weighted by molar-refractivity contribution is 7.90. The summed E-state index contributed by atoms with van der Waals surface area (Å²) < 4.78 is 83.6. The molecule has 0 bridgehead atoms. The molecule has 188 valence electrons. The summed E-state index contributed by atoms with van der Waals surface area (Å²) in [6.07, 6.45) is -3.67. The van der Waals surface area contributed by atoms with E-state index in [-0.39, 0.29) is 21.4 Å². The number of ether oxygens (including phenoxy) is 1. The van der Waals surface area contributed by atoms with Gasteiger partial charge in [0.2, 0.25) is 0 Å². The third-order valence-electron chi connectivity index (χ3n) is 5.82.